The van der Waals surface area contributed by atoms with Gasteiger partial charge in [-0.1, -0.05) is 47.5 Å². The molecule has 0 saturated heterocycles. The molecule has 0 fully saturated rings. The molecule has 0 N–H and O–H groups in total. The first-order valence-corrected chi connectivity index (χ1v) is 19.1. The standard InChI is InChI=1S/C45H33Cl2N7O6/c1-59-33-11-13-39-35(21-33)37(25-51(39)23-28-3-7-30(46)8-4-28)42(55)44(57)53(32-15-18-48-19-16-32)54(41-17-20-49-27-50-41)45(58)43(56)38-26-52(24-29-5-9-31(47)10-6-29)40-14-12-34(60-2)22-36(38)40/h3-22,25-27H,23-24H2,1-2H3. The fourth-order valence-corrected chi connectivity index (χ4v) is 7.19. The summed E-state index contributed by atoms with van der Waals surface area (Å²) in [6.07, 6.45) is 8.45. The van der Waals surface area contributed by atoms with Crippen LogP contribution in [-0.2, 0) is 22.7 Å². The third-order valence-electron chi connectivity index (χ3n) is 9.86. The van der Waals surface area contributed by atoms with Crippen LogP contribution in [0.2, 0.25) is 10.0 Å². The SMILES string of the molecule is COc1ccc2c(c1)c(C(=O)C(=O)N(c1ccncc1)N(C(=O)C(=O)c1cn(Cc3ccc(Cl)cc3)c3ccc(OC)cc13)c1ccncn1)cn2Cc1ccc(Cl)cc1. The van der Waals surface area contributed by atoms with Crippen molar-refractivity contribution in [2.24, 2.45) is 0 Å². The van der Waals surface area contributed by atoms with Crippen molar-refractivity contribution in [3.8, 4) is 11.5 Å². The Morgan fingerprint density at radius 1 is 0.583 bits per heavy atom. The molecule has 4 aromatic carbocycles. The van der Waals surface area contributed by atoms with Crippen LogP contribution in [0.3, 0.4) is 0 Å². The number of fused-ring (bicyclic) bond motifs is 2. The van der Waals surface area contributed by atoms with Crippen LogP contribution in [-0.4, -0.2) is 61.7 Å². The highest BCUT2D eigenvalue weighted by molar-refractivity contribution is 6.54. The predicted octanol–water partition coefficient (Wildman–Crippen LogP) is 8.25. The van der Waals surface area contributed by atoms with Gasteiger partial charge >= 0.3 is 11.8 Å². The second kappa shape index (κ2) is 16.9. The topological polar surface area (TPSA) is 142 Å². The number of hydrogen-bond acceptors (Lipinski definition) is 9. The molecule has 15 heteroatoms. The van der Waals surface area contributed by atoms with Crippen LogP contribution in [0.4, 0.5) is 11.5 Å². The quantitative estimate of drug-likeness (QED) is 0.0676. The number of carbonyl (C=O) groups excluding carboxylic acids is 4. The molecule has 4 heterocycles. The maximum Gasteiger partial charge on any atom is 0.320 e. The number of hydrazine groups is 1. The molecule has 0 aliphatic carbocycles. The van der Waals surface area contributed by atoms with E-state index in [4.69, 9.17) is 32.7 Å². The summed E-state index contributed by atoms with van der Waals surface area (Å²) in [6, 6.07) is 29.1. The van der Waals surface area contributed by atoms with E-state index in [9.17, 15) is 19.2 Å². The van der Waals surface area contributed by atoms with Crippen LogP contribution in [0, 0.1) is 0 Å². The maximum atomic E-state index is 15.0. The van der Waals surface area contributed by atoms with Gasteiger partial charge in [0.1, 0.15) is 17.8 Å². The average Bonchev–Trinajstić information content (AvgIpc) is 3.83. The van der Waals surface area contributed by atoms with E-state index in [2.05, 4.69) is 15.0 Å². The number of carbonyl (C=O) groups is 4. The van der Waals surface area contributed by atoms with E-state index in [1.807, 2.05) is 33.4 Å². The highest BCUT2D eigenvalue weighted by atomic mass is 35.5. The number of benzene rings is 4. The molecule has 0 aliphatic rings. The molecule has 13 nitrogen and oxygen atoms in total. The number of ketones is 2. The summed E-state index contributed by atoms with van der Waals surface area (Å²) in [5.74, 6) is -3.58. The van der Waals surface area contributed by atoms with Crippen molar-refractivity contribution in [3.63, 3.8) is 0 Å². The first-order valence-electron chi connectivity index (χ1n) is 18.4. The van der Waals surface area contributed by atoms with Crippen molar-refractivity contribution >= 4 is 79.9 Å². The van der Waals surface area contributed by atoms with Crippen LogP contribution in [0.15, 0.2) is 140 Å². The van der Waals surface area contributed by atoms with Crippen molar-refractivity contribution < 1.29 is 28.7 Å². The van der Waals surface area contributed by atoms with Gasteiger partial charge in [0.05, 0.1) is 31.0 Å². The number of aromatic nitrogens is 5. The minimum atomic E-state index is -1.19. The number of hydrogen-bond donors (Lipinski definition) is 0. The molecule has 0 unspecified atom stereocenters. The summed E-state index contributed by atoms with van der Waals surface area (Å²) < 4.78 is 14.7. The number of rotatable bonds is 12. The molecule has 8 aromatic rings. The maximum absolute atomic E-state index is 15.0. The van der Waals surface area contributed by atoms with Crippen molar-refractivity contribution in [2.75, 3.05) is 24.2 Å². The number of halogens is 2. The van der Waals surface area contributed by atoms with Gasteiger partial charge in [-0.2, -0.15) is 5.01 Å². The van der Waals surface area contributed by atoms with Crippen molar-refractivity contribution in [1.29, 1.82) is 0 Å². The number of amides is 2. The summed E-state index contributed by atoms with van der Waals surface area (Å²) in [5, 5.41) is 3.61. The number of nitrogens with zero attached hydrogens (tertiary/aromatic N) is 7. The van der Waals surface area contributed by atoms with Gasteiger partial charge < -0.3 is 18.6 Å². The minimum absolute atomic E-state index is 0.0211. The van der Waals surface area contributed by atoms with Gasteiger partial charge in [0.25, 0.3) is 11.6 Å². The molecule has 0 atom stereocenters. The first kappa shape index (κ1) is 39.5. The van der Waals surface area contributed by atoms with E-state index in [0.717, 1.165) is 27.5 Å². The van der Waals surface area contributed by atoms with Crippen LogP contribution < -0.4 is 19.5 Å². The predicted molar refractivity (Wildman–Crippen MR) is 228 cm³/mol. The molecule has 0 saturated carbocycles. The fourth-order valence-electron chi connectivity index (χ4n) is 6.94. The molecule has 60 heavy (non-hydrogen) atoms. The van der Waals surface area contributed by atoms with Gasteiger partial charge in [0.2, 0.25) is 0 Å². The molecule has 0 radical (unpaired) electrons. The lowest BCUT2D eigenvalue weighted by Crippen LogP contribution is -2.55. The van der Waals surface area contributed by atoms with E-state index < -0.39 is 23.4 Å². The van der Waals surface area contributed by atoms with Gasteiger partial charge in [0.15, 0.2) is 5.82 Å². The lowest BCUT2D eigenvalue weighted by molar-refractivity contribution is -0.119. The third-order valence-corrected chi connectivity index (χ3v) is 10.4. The van der Waals surface area contributed by atoms with Crippen LogP contribution >= 0.6 is 23.2 Å². The molecule has 2 amide bonds. The van der Waals surface area contributed by atoms with Gasteiger partial charge in [-0.05, 0) is 83.9 Å². The lowest BCUT2D eigenvalue weighted by atomic mass is 10.1. The summed E-state index contributed by atoms with van der Waals surface area (Å²) in [5.41, 5.74) is 3.16. The third kappa shape index (κ3) is 7.78. The fraction of sp³-hybridized carbons (Fsp3) is 0.0889. The van der Waals surface area contributed by atoms with Gasteiger partial charge in [-0.25, -0.2) is 15.0 Å². The monoisotopic (exact) mass is 837 g/mol. The zero-order valence-corrected chi connectivity index (χ0v) is 33.5. The number of pyridine rings is 1. The van der Waals surface area contributed by atoms with E-state index in [-0.39, 0.29) is 22.6 Å². The highest BCUT2D eigenvalue weighted by Gasteiger charge is 2.39. The smallest absolute Gasteiger partial charge is 0.320 e. The molecule has 0 bridgehead atoms. The Labute approximate surface area is 352 Å². The molecular weight excluding hydrogens is 805 g/mol. The highest BCUT2D eigenvalue weighted by Crippen LogP contribution is 2.32. The molecule has 298 valence electrons. The summed E-state index contributed by atoms with van der Waals surface area (Å²) >= 11 is 12.3. The Kier molecular flexibility index (Phi) is 11.1. The van der Waals surface area contributed by atoms with Gasteiger partial charge in [-0.3, -0.25) is 24.2 Å². The Morgan fingerprint density at radius 3 is 1.50 bits per heavy atom. The number of ether oxygens (including phenoxy) is 2. The summed E-state index contributed by atoms with van der Waals surface area (Å²) in [6.45, 7) is 0.676. The van der Waals surface area contributed by atoms with Crippen LogP contribution in [0.5, 0.6) is 11.5 Å². The Morgan fingerprint density at radius 2 is 1.05 bits per heavy atom. The second-order valence-corrected chi connectivity index (χ2v) is 14.4. The summed E-state index contributed by atoms with van der Waals surface area (Å²) in [4.78, 5) is 71.8. The summed E-state index contributed by atoms with van der Waals surface area (Å²) in [7, 11) is 2.99. The van der Waals surface area contributed by atoms with E-state index in [1.54, 1.807) is 73.1 Å². The van der Waals surface area contributed by atoms with Crippen molar-refractivity contribution in [3.05, 3.63) is 173 Å². The second-order valence-electron chi connectivity index (χ2n) is 13.5. The number of anilines is 2. The van der Waals surface area contributed by atoms with Crippen molar-refractivity contribution in [2.45, 2.75) is 13.1 Å². The molecular formula is C45H33Cl2N7O6. The zero-order chi connectivity index (χ0) is 41.9. The largest absolute Gasteiger partial charge is 0.497 e. The Balaban J connectivity index is 1.24. The Hall–Kier alpha value is -7.35. The lowest BCUT2D eigenvalue weighted by Gasteiger charge is -2.32. The minimum Gasteiger partial charge on any atom is -0.497 e. The first-order chi connectivity index (χ1) is 29.1. The Bertz CT molecular complexity index is 2700. The van der Waals surface area contributed by atoms with Crippen LogP contribution in [0.25, 0.3) is 21.8 Å². The number of methoxy groups -OCH3 is 2. The molecule has 8 rings (SSSR count). The zero-order valence-electron chi connectivity index (χ0n) is 32.0. The van der Waals surface area contributed by atoms with E-state index >= 15 is 0 Å². The van der Waals surface area contributed by atoms with Crippen molar-refractivity contribution in [1.82, 2.24) is 24.1 Å². The molecule has 4 aromatic heterocycles. The van der Waals surface area contributed by atoms with Gasteiger partial charge in [0, 0.05) is 82.0 Å². The van der Waals surface area contributed by atoms with E-state index in [0.29, 0.717) is 56.4 Å². The van der Waals surface area contributed by atoms with E-state index in [1.165, 1.54) is 51.0 Å². The number of Topliss-reactive ketones (excluding diaryl/α,β-unsaturated/α-hetero) is 2. The van der Waals surface area contributed by atoms with Crippen LogP contribution in [0.1, 0.15) is 31.8 Å². The molecule has 0 spiro atoms. The normalized spacial score (nSPS) is 11.1. The average molecular weight is 839 g/mol. The molecule has 0 aliphatic heterocycles. The van der Waals surface area contributed by atoms with Gasteiger partial charge in [-0.15, -0.1) is 0 Å².